The molecule has 100 valence electrons. The first-order valence-corrected chi connectivity index (χ1v) is 7.20. The third kappa shape index (κ3) is 2.29. The maximum atomic E-state index is 12.4. The number of ether oxygens (including phenoxy) is 1. The lowest BCUT2D eigenvalue weighted by atomic mass is 10.2. The number of sulfonamides is 1. The van der Waals surface area contributed by atoms with E-state index < -0.39 is 22.4 Å². The van der Waals surface area contributed by atoms with Gasteiger partial charge >= 0.3 is 0 Å². The van der Waals surface area contributed by atoms with E-state index in [2.05, 4.69) is 0 Å². The van der Waals surface area contributed by atoms with Crippen molar-refractivity contribution in [2.75, 3.05) is 13.7 Å². The Kier molecular flexibility index (Phi) is 3.72. The molecule has 1 aliphatic heterocycles. The summed E-state index contributed by atoms with van der Waals surface area (Å²) in [4.78, 5) is 0.226. The summed E-state index contributed by atoms with van der Waals surface area (Å²) in [7, 11) is -2.20. The Morgan fingerprint density at radius 2 is 1.94 bits per heavy atom. The van der Waals surface area contributed by atoms with Crippen molar-refractivity contribution in [2.45, 2.75) is 30.6 Å². The Morgan fingerprint density at radius 3 is 2.50 bits per heavy atom. The van der Waals surface area contributed by atoms with E-state index in [1.54, 1.807) is 24.3 Å². The van der Waals surface area contributed by atoms with Gasteiger partial charge in [0.2, 0.25) is 10.0 Å². The highest BCUT2D eigenvalue weighted by atomic mass is 32.2. The molecule has 1 aliphatic rings. The summed E-state index contributed by atoms with van der Waals surface area (Å²) in [6.07, 6.45) is -1.17. The molecule has 0 aliphatic carbocycles. The number of hydrogen-bond donors (Lipinski definition) is 1. The smallest absolute Gasteiger partial charge is 0.245 e. The van der Waals surface area contributed by atoms with E-state index in [1.165, 1.54) is 11.4 Å². The first-order chi connectivity index (χ1) is 8.46. The second kappa shape index (κ2) is 4.97. The molecule has 0 spiro atoms. The number of benzene rings is 1. The van der Waals surface area contributed by atoms with Crippen molar-refractivity contribution in [3.63, 3.8) is 0 Å². The number of aliphatic hydroxyl groups excluding tert-OH is 1. The molecule has 5 nitrogen and oxygen atoms in total. The first kappa shape index (κ1) is 13.5. The fourth-order valence-electron chi connectivity index (χ4n) is 2.10. The molecule has 0 radical (unpaired) electrons. The lowest BCUT2D eigenvalue weighted by Crippen LogP contribution is -2.40. The van der Waals surface area contributed by atoms with Crippen LogP contribution in [0, 0.1) is 6.92 Å². The van der Waals surface area contributed by atoms with Crippen molar-refractivity contribution in [3.05, 3.63) is 29.8 Å². The summed E-state index contributed by atoms with van der Waals surface area (Å²) in [6, 6.07) is 6.65. The summed E-state index contributed by atoms with van der Waals surface area (Å²) in [5.74, 6) is 0. The zero-order valence-corrected chi connectivity index (χ0v) is 11.2. The minimum Gasteiger partial charge on any atom is -0.389 e. The van der Waals surface area contributed by atoms with Crippen molar-refractivity contribution in [2.24, 2.45) is 0 Å². The van der Waals surface area contributed by atoms with E-state index in [0.29, 0.717) is 6.42 Å². The van der Waals surface area contributed by atoms with Crippen LogP contribution >= 0.6 is 0 Å². The van der Waals surface area contributed by atoms with Gasteiger partial charge in [-0.05, 0) is 25.5 Å². The van der Waals surface area contributed by atoms with Gasteiger partial charge in [0, 0.05) is 13.7 Å². The third-order valence-corrected chi connectivity index (χ3v) is 5.00. The van der Waals surface area contributed by atoms with Crippen molar-refractivity contribution in [1.82, 2.24) is 4.31 Å². The molecule has 1 N–H and O–H groups in total. The Balaban J connectivity index is 2.34. The third-order valence-electron chi connectivity index (χ3n) is 3.13. The second-order valence-electron chi connectivity index (χ2n) is 4.41. The van der Waals surface area contributed by atoms with Gasteiger partial charge in [-0.15, -0.1) is 0 Å². The van der Waals surface area contributed by atoms with Gasteiger partial charge in [-0.25, -0.2) is 8.42 Å². The van der Waals surface area contributed by atoms with Gasteiger partial charge in [-0.1, -0.05) is 17.7 Å². The lowest BCUT2D eigenvalue weighted by molar-refractivity contribution is -0.0352. The van der Waals surface area contributed by atoms with Crippen LogP contribution in [0.3, 0.4) is 0 Å². The van der Waals surface area contributed by atoms with Crippen LogP contribution in [0.4, 0.5) is 0 Å². The average Bonchev–Trinajstić information content (AvgIpc) is 2.71. The molecule has 1 saturated heterocycles. The maximum absolute atomic E-state index is 12.4. The zero-order chi connectivity index (χ0) is 13.3. The fourth-order valence-corrected chi connectivity index (χ4v) is 3.70. The van der Waals surface area contributed by atoms with E-state index in [4.69, 9.17) is 4.74 Å². The maximum Gasteiger partial charge on any atom is 0.245 e. The number of hydrogen-bond acceptors (Lipinski definition) is 4. The number of rotatable bonds is 3. The molecule has 0 aromatic heterocycles. The minimum absolute atomic E-state index is 0.226. The van der Waals surface area contributed by atoms with Crippen LogP contribution in [0.25, 0.3) is 0 Å². The topological polar surface area (TPSA) is 66.8 Å². The molecule has 0 amide bonds. The van der Waals surface area contributed by atoms with Crippen LogP contribution in [0.2, 0.25) is 0 Å². The molecule has 2 rings (SSSR count). The highest BCUT2D eigenvalue weighted by molar-refractivity contribution is 7.89. The van der Waals surface area contributed by atoms with Crippen molar-refractivity contribution in [1.29, 1.82) is 0 Å². The number of methoxy groups -OCH3 is 1. The Hall–Kier alpha value is -0.950. The highest BCUT2D eigenvalue weighted by Gasteiger charge is 2.41. The standard InChI is InChI=1S/C12H17NO4S/c1-9-3-5-10(6-4-9)18(15,16)13-8-7-11(14)12(13)17-2/h3-6,11-12,14H,7-8H2,1-2H3/t11-,12+/m0/s1. The Labute approximate surface area is 107 Å². The molecule has 0 unspecified atom stereocenters. The molecule has 6 heteroatoms. The van der Waals surface area contributed by atoms with Crippen LogP contribution < -0.4 is 0 Å². The molecule has 1 aromatic rings. The van der Waals surface area contributed by atoms with Crippen molar-refractivity contribution in [3.8, 4) is 0 Å². The van der Waals surface area contributed by atoms with Crippen LogP contribution in [0.15, 0.2) is 29.2 Å². The number of aryl methyl sites for hydroxylation is 1. The molecule has 18 heavy (non-hydrogen) atoms. The van der Waals surface area contributed by atoms with E-state index in [0.717, 1.165) is 5.56 Å². The van der Waals surface area contributed by atoms with Gasteiger partial charge in [0.25, 0.3) is 0 Å². The summed E-state index contributed by atoms with van der Waals surface area (Å²) in [6.45, 7) is 2.17. The SMILES string of the molecule is CO[C@@H]1[C@@H](O)CCN1S(=O)(=O)c1ccc(C)cc1. The zero-order valence-electron chi connectivity index (χ0n) is 10.4. The second-order valence-corrected chi connectivity index (χ2v) is 6.30. The van der Waals surface area contributed by atoms with Crippen LogP contribution in [-0.4, -0.2) is 43.8 Å². The van der Waals surface area contributed by atoms with Gasteiger partial charge in [0.1, 0.15) is 6.23 Å². The quantitative estimate of drug-likeness (QED) is 0.880. The van der Waals surface area contributed by atoms with Gasteiger partial charge in [0.05, 0.1) is 11.0 Å². The van der Waals surface area contributed by atoms with Gasteiger partial charge in [-0.3, -0.25) is 0 Å². The number of aliphatic hydroxyl groups is 1. The molecule has 1 fully saturated rings. The molecule has 0 saturated carbocycles. The molecule has 1 aromatic carbocycles. The normalized spacial score (nSPS) is 25.5. The highest BCUT2D eigenvalue weighted by Crippen LogP contribution is 2.26. The van der Waals surface area contributed by atoms with Gasteiger partial charge in [0.15, 0.2) is 0 Å². The summed E-state index contributed by atoms with van der Waals surface area (Å²) >= 11 is 0. The first-order valence-electron chi connectivity index (χ1n) is 5.76. The number of nitrogens with zero attached hydrogens (tertiary/aromatic N) is 1. The van der Waals surface area contributed by atoms with Crippen molar-refractivity contribution < 1.29 is 18.3 Å². The molecule has 1 heterocycles. The van der Waals surface area contributed by atoms with E-state index in [-0.39, 0.29) is 11.4 Å². The lowest BCUT2D eigenvalue weighted by Gasteiger charge is -2.24. The van der Waals surface area contributed by atoms with E-state index >= 15 is 0 Å². The van der Waals surface area contributed by atoms with E-state index in [9.17, 15) is 13.5 Å². The Bertz CT molecular complexity index is 511. The predicted octanol–water partition coefficient (Wildman–Crippen LogP) is 0.723. The molecule has 0 bridgehead atoms. The van der Waals surface area contributed by atoms with Crippen LogP contribution in [-0.2, 0) is 14.8 Å². The van der Waals surface area contributed by atoms with Crippen LogP contribution in [0.1, 0.15) is 12.0 Å². The monoisotopic (exact) mass is 271 g/mol. The molecular weight excluding hydrogens is 254 g/mol. The fraction of sp³-hybridized carbons (Fsp3) is 0.500. The van der Waals surface area contributed by atoms with Crippen LogP contribution in [0.5, 0.6) is 0 Å². The molecular formula is C12H17NO4S. The predicted molar refractivity (Wildman–Crippen MR) is 66.5 cm³/mol. The average molecular weight is 271 g/mol. The Morgan fingerprint density at radius 1 is 1.33 bits per heavy atom. The summed E-state index contributed by atoms with van der Waals surface area (Å²) in [5, 5.41) is 9.68. The summed E-state index contributed by atoms with van der Waals surface area (Å²) < 4.78 is 31.1. The summed E-state index contributed by atoms with van der Waals surface area (Å²) in [5.41, 5.74) is 0.999. The molecule has 2 atom stereocenters. The van der Waals surface area contributed by atoms with Crippen molar-refractivity contribution >= 4 is 10.0 Å². The largest absolute Gasteiger partial charge is 0.389 e. The minimum atomic E-state index is -3.60. The van der Waals surface area contributed by atoms with E-state index in [1.807, 2.05) is 6.92 Å². The van der Waals surface area contributed by atoms with Gasteiger partial charge in [-0.2, -0.15) is 4.31 Å². The van der Waals surface area contributed by atoms with Gasteiger partial charge < -0.3 is 9.84 Å².